The molecular weight excluding hydrogens is 386 g/mol. The van der Waals surface area contributed by atoms with Crippen LogP contribution in [0.5, 0.6) is 0 Å². The van der Waals surface area contributed by atoms with Crippen molar-refractivity contribution < 1.29 is 27.1 Å². The molecule has 1 rings (SSSR count). The second-order valence-corrected chi connectivity index (χ2v) is 5.09. The molecule has 1 aliphatic heterocycles. The Balaban J connectivity index is 0. The van der Waals surface area contributed by atoms with E-state index in [4.69, 9.17) is 46.1 Å². The van der Waals surface area contributed by atoms with Gasteiger partial charge in [-0.05, 0) is 26.7 Å². The van der Waals surface area contributed by atoms with Crippen molar-refractivity contribution in [1.29, 1.82) is 0 Å². The fourth-order valence-corrected chi connectivity index (χ4v) is 2.26. The number of hydrogen-bond donors (Lipinski definition) is 0. The molecule has 114 valence electrons. The van der Waals surface area contributed by atoms with Crippen LogP contribution in [0.2, 0.25) is 0 Å². The standard InChI is InChI=1S/C6H13NOS.C5H13NS2.O.Tc/c9-6-3-7-1-4-8-5-2-7;1-6(2-4-7)3-5-8;;/h9H,1-6H2;7-8H,2-5H2,1H3;;/q;;;+3/p-3. The predicted molar refractivity (Wildman–Crippen MR) is 82.1 cm³/mol. The van der Waals surface area contributed by atoms with Crippen LogP contribution in [0.25, 0.3) is 0 Å². The van der Waals surface area contributed by atoms with E-state index in [0.717, 1.165) is 82.1 Å². The summed E-state index contributed by atoms with van der Waals surface area (Å²) in [5.74, 6) is 2.47. The second kappa shape index (κ2) is 19.4. The molecule has 0 atom stereocenters. The normalized spacial score (nSPS) is 15.2. The minimum Gasteiger partial charge on any atom is -0.791 e. The molecule has 0 saturated carbocycles. The Morgan fingerprint density at radius 2 is 1.53 bits per heavy atom. The van der Waals surface area contributed by atoms with Crippen LogP contribution < -0.4 is 0 Å². The molecule has 19 heavy (non-hydrogen) atoms. The van der Waals surface area contributed by atoms with Gasteiger partial charge >= 0.3 is 22.4 Å². The van der Waals surface area contributed by atoms with Gasteiger partial charge in [-0.3, -0.25) is 0 Å². The van der Waals surface area contributed by atoms with Crippen molar-refractivity contribution in [2.45, 2.75) is 0 Å². The van der Waals surface area contributed by atoms with Crippen molar-refractivity contribution in [2.24, 2.45) is 0 Å². The maximum atomic E-state index is 8.22. The molecule has 0 aromatic heterocycles. The Labute approximate surface area is 144 Å². The van der Waals surface area contributed by atoms with Gasteiger partial charge in [-0.2, -0.15) is 17.3 Å². The van der Waals surface area contributed by atoms with Crippen LogP contribution in [0.3, 0.4) is 0 Å². The summed E-state index contributed by atoms with van der Waals surface area (Å²) in [7, 11) is 2.04. The first-order valence-electron chi connectivity index (χ1n) is 6.13. The van der Waals surface area contributed by atoms with Gasteiger partial charge in [0.15, 0.2) is 0 Å². The first-order chi connectivity index (χ1) is 9.24. The summed E-state index contributed by atoms with van der Waals surface area (Å²) in [6, 6.07) is 0. The van der Waals surface area contributed by atoms with Gasteiger partial charge in [-0.25, -0.2) is 0 Å². The number of morpholine rings is 1. The van der Waals surface area contributed by atoms with E-state index in [0.29, 0.717) is 0 Å². The van der Waals surface area contributed by atoms with Crippen molar-refractivity contribution in [3.05, 3.63) is 0 Å². The molecule has 0 radical (unpaired) electrons. The molecule has 0 bridgehead atoms. The molecule has 0 aliphatic carbocycles. The third-order valence-electron chi connectivity index (χ3n) is 2.46. The van der Waals surface area contributed by atoms with Gasteiger partial charge in [0, 0.05) is 13.1 Å². The summed E-state index contributed by atoms with van der Waals surface area (Å²) < 4.78 is 13.4. The quantitative estimate of drug-likeness (QED) is 0.560. The molecule has 0 spiro atoms. The van der Waals surface area contributed by atoms with E-state index in [2.05, 4.69) is 9.80 Å². The smallest absolute Gasteiger partial charge is 0.0594 e. The third kappa shape index (κ3) is 17.3. The Morgan fingerprint density at radius 3 is 1.89 bits per heavy atom. The molecule has 1 aliphatic rings. The van der Waals surface area contributed by atoms with E-state index in [1.807, 2.05) is 7.05 Å². The van der Waals surface area contributed by atoms with Crippen molar-refractivity contribution in [3.8, 4) is 0 Å². The molecule has 1 saturated heterocycles. The SMILES string of the molecule is CN(CC[S-])CC[S-].[O]=[Tc+3].[S-]CCN1CCOCC1. The molecule has 0 unspecified atom stereocenters. The van der Waals surface area contributed by atoms with Crippen LogP contribution in [-0.2, 0) is 65.0 Å². The molecule has 0 aromatic carbocycles. The van der Waals surface area contributed by atoms with Crippen LogP contribution in [0, 0.1) is 0 Å². The van der Waals surface area contributed by atoms with E-state index in [-0.39, 0.29) is 0 Å². The molecule has 0 N–H and O–H groups in total. The Bertz CT molecular complexity index is 169. The van der Waals surface area contributed by atoms with Gasteiger partial charge < -0.3 is 52.4 Å². The maximum absolute atomic E-state index is 8.22. The van der Waals surface area contributed by atoms with Gasteiger partial charge in [0.1, 0.15) is 0 Å². The molecule has 1 heterocycles. The largest absolute Gasteiger partial charge is 0.791 e. The maximum Gasteiger partial charge on any atom is 0.0594 e. The minimum atomic E-state index is 0.811. The van der Waals surface area contributed by atoms with Crippen molar-refractivity contribution in [1.82, 2.24) is 9.80 Å². The zero-order chi connectivity index (χ0) is 14.9. The first-order valence-corrected chi connectivity index (χ1v) is 8.62. The molecule has 0 aromatic rings. The fraction of sp³-hybridized carbons (Fsp3) is 1.00. The molecule has 4 nitrogen and oxygen atoms in total. The predicted octanol–water partition coefficient (Wildman–Crippen LogP) is -0.244. The van der Waals surface area contributed by atoms with E-state index in [9.17, 15) is 0 Å². The molecule has 1 fully saturated rings. The van der Waals surface area contributed by atoms with Crippen LogP contribution in [0.4, 0.5) is 0 Å². The average molecular weight is 410 g/mol. The summed E-state index contributed by atoms with van der Waals surface area (Å²) in [6.07, 6.45) is 0. The second-order valence-electron chi connectivity index (χ2n) is 3.87. The first kappa shape index (κ1) is 22.7. The van der Waals surface area contributed by atoms with E-state index >= 15 is 0 Å². The van der Waals surface area contributed by atoms with Gasteiger partial charge in [-0.15, -0.1) is 0 Å². The van der Waals surface area contributed by atoms with Crippen LogP contribution in [-0.4, -0.2) is 80.0 Å². The van der Waals surface area contributed by atoms with E-state index < -0.39 is 0 Å². The van der Waals surface area contributed by atoms with Crippen LogP contribution in [0.15, 0.2) is 0 Å². The summed E-state index contributed by atoms with van der Waals surface area (Å²) >= 11 is 15.3. The van der Waals surface area contributed by atoms with Crippen molar-refractivity contribution in [3.63, 3.8) is 0 Å². The van der Waals surface area contributed by atoms with Gasteiger partial charge in [0.2, 0.25) is 0 Å². The Hall–Kier alpha value is 1.38. The number of rotatable bonds is 6. The number of ether oxygens (including phenoxy) is 1. The fourth-order valence-electron chi connectivity index (χ4n) is 1.38. The topological polar surface area (TPSA) is 32.8 Å². The molecule has 0 amide bonds. The van der Waals surface area contributed by atoms with Gasteiger partial charge in [-0.1, -0.05) is 0 Å². The average Bonchev–Trinajstić information content (AvgIpc) is 2.44. The van der Waals surface area contributed by atoms with E-state index in [1.54, 1.807) is 0 Å². The Morgan fingerprint density at radius 1 is 1.05 bits per heavy atom. The number of nitrogens with zero attached hydrogens (tertiary/aromatic N) is 2. The summed E-state index contributed by atoms with van der Waals surface area (Å²) in [5.41, 5.74) is 0. The monoisotopic (exact) mass is 408 g/mol. The third-order valence-corrected chi connectivity index (χ3v) is 3.00. The molecule has 8 heteroatoms. The summed E-state index contributed by atoms with van der Waals surface area (Å²) in [4.78, 5) is 4.50. The van der Waals surface area contributed by atoms with Gasteiger partial charge in [0.25, 0.3) is 0 Å². The van der Waals surface area contributed by atoms with Crippen LogP contribution in [0.1, 0.15) is 0 Å². The minimum absolute atomic E-state index is 0.811. The molecular formula is C11H23N2O2S3Tc. The summed E-state index contributed by atoms with van der Waals surface area (Å²) in [6.45, 7) is 6.94. The zero-order valence-electron chi connectivity index (χ0n) is 11.4. The van der Waals surface area contributed by atoms with Gasteiger partial charge in [0.05, 0.1) is 13.2 Å². The van der Waals surface area contributed by atoms with E-state index in [1.165, 1.54) is 0 Å². The Kier molecular flexibility index (Phi) is 23.1. The number of hydrogen-bond acceptors (Lipinski definition) is 7. The van der Waals surface area contributed by atoms with Crippen molar-refractivity contribution >= 4 is 37.9 Å². The van der Waals surface area contributed by atoms with Crippen LogP contribution >= 0.6 is 0 Å². The zero-order valence-corrected chi connectivity index (χ0v) is 15.7. The van der Waals surface area contributed by atoms with Crippen molar-refractivity contribution in [2.75, 3.05) is 70.2 Å². The summed E-state index contributed by atoms with van der Waals surface area (Å²) in [5, 5.41) is 0.